The normalized spacial score (nSPS) is 14.6. The van der Waals surface area contributed by atoms with Crippen molar-refractivity contribution in [1.82, 2.24) is 0 Å². The van der Waals surface area contributed by atoms with E-state index in [1.807, 2.05) is 12.2 Å². The molecule has 5 atom stereocenters. The van der Waals surface area contributed by atoms with Gasteiger partial charge in [-0.1, -0.05) is 264 Å². The minimum atomic E-state index is -5.00. The number of rotatable bonds is 73. The zero-order valence-corrected chi connectivity index (χ0v) is 65.5. The topological polar surface area (TPSA) is 237 Å². The number of hydrogen-bond donors (Lipinski definition) is 3. The second-order valence-electron chi connectivity index (χ2n) is 25.9. The predicted octanol–water partition coefficient (Wildman–Crippen LogP) is 22.9. The van der Waals surface area contributed by atoms with Crippen molar-refractivity contribution < 1.29 is 80.2 Å². The summed E-state index contributed by atoms with van der Waals surface area (Å²) >= 11 is 0. The fourth-order valence-electron chi connectivity index (χ4n) is 10.1. The lowest BCUT2D eigenvalue weighted by Crippen LogP contribution is -2.30. The number of ether oxygens (including phenoxy) is 4. The maximum Gasteiger partial charge on any atom is 0.472 e. The van der Waals surface area contributed by atoms with E-state index >= 15 is 0 Å². The van der Waals surface area contributed by atoms with Crippen molar-refractivity contribution in [1.29, 1.82) is 0 Å². The number of carbonyl (C=O) groups excluding carboxylic acids is 4. The average molecular weight is 1470 g/mol. The first-order chi connectivity index (χ1) is 49.7. The second kappa shape index (κ2) is 74.5. The van der Waals surface area contributed by atoms with Crippen molar-refractivity contribution in [2.24, 2.45) is 0 Å². The van der Waals surface area contributed by atoms with Crippen LogP contribution in [0.25, 0.3) is 0 Å². The van der Waals surface area contributed by atoms with Crippen LogP contribution in [0.3, 0.4) is 0 Å². The molecule has 0 fully saturated rings. The van der Waals surface area contributed by atoms with Crippen molar-refractivity contribution >= 4 is 39.5 Å². The SMILES string of the molecule is CC/C=C\C/C=C\C/C=C\C/C=C\C/C=C\CCCC(=O)OC(COC(=O)CCCCCCCC/C=C\C/C=C\C/C=C\C/C=C\CC)COP(=O)(O)OCC(O)COP(=O)(O)OCC(COC(=O)CCCCCCC/C=C\CCCCCC)OC(=O)CCCCCCC/C=C\CCCCCC. The maximum atomic E-state index is 13.1. The smallest absolute Gasteiger partial charge is 0.462 e. The molecule has 0 aliphatic carbocycles. The Morgan fingerprint density at radius 3 is 0.833 bits per heavy atom. The molecule has 5 unspecified atom stereocenters. The Morgan fingerprint density at radius 2 is 0.520 bits per heavy atom. The summed E-state index contributed by atoms with van der Waals surface area (Å²) in [6.07, 6.45) is 83.0. The largest absolute Gasteiger partial charge is 0.472 e. The minimum Gasteiger partial charge on any atom is -0.462 e. The molecule has 0 aromatic heterocycles. The lowest BCUT2D eigenvalue weighted by Gasteiger charge is -2.21. The van der Waals surface area contributed by atoms with Crippen LogP contribution in [0.4, 0.5) is 0 Å². The van der Waals surface area contributed by atoms with Crippen molar-refractivity contribution in [2.45, 2.75) is 329 Å². The van der Waals surface area contributed by atoms with Crippen molar-refractivity contribution in [2.75, 3.05) is 39.6 Å². The summed E-state index contributed by atoms with van der Waals surface area (Å²) < 4.78 is 68.5. The molecule has 0 amide bonds. The average Bonchev–Trinajstić information content (AvgIpc) is 0.908. The standard InChI is InChI=1S/C83H140O17P2/c1-5-9-13-17-21-25-29-33-35-37-38-40-41-45-48-52-56-60-64-68-81(86)94-74-79(100-83(88)70-66-62-58-54-50-46-42-39-36-34-30-26-22-18-14-10-6-2)76-98-102(91,92)96-72-77(84)71-95-101(89,90)97-75-78(99-82(87)69-65-61-57-53-49-44-32-28-24-20-16-12-8-4)73-93-80(85)67-63-59-55-51-47-43-31-27-23-19-15-11-7-3/h9-10,13-14,21-22,25-28,31-36,38,40,42,46,54,58,77-79,84H,5-8,11-12,15-20,23-24,29-30,37,39,41,43-45,47-53,55-57,59-76H2,1-4H3,(H,89,90)(H,91,92)/b13-9-,14-10-,25-21-,26-22-,31-27-,32-28-,35-33-,36-34-,40-38-,46-42-,58-54-. The molecule has 0 aromatic carbocycles. The van der Waals surface area contributed by atoms with Crippen LogP contribution in [0.15, 0.2) is 134 Å². The van der Waals surface area contributed by atoms with Gasteiger partial charge in [0.25, 0.3) is 0 Å². The monoisotopic (exact) mass is 1470 g/mol. The van der Waals surface area contributed by atoms with E-state index in [9.17, 15) is 43.2 Å². The Labute approximate surface area is 618 Å². The van der Waals surface area contributed by atoms with Crippen LogP contribution in [0, 0.1) is 0 Å². The summed E-state index contributed by atoms with van der Waals surface area (Å²) in [5.41, 5.74) is 0. The molecule has 0 bridgehead atoms. The molecule has 0 saturated carbocycles. The second-order valence-corrected chi connectivity index (χ2v) is 28.8. The van der Waals surface area contributed by atoms with E-state index < -0.39 is 97.5 Å². The number of allylic oxidation sites excluding steroid dienone is 22. The summed E-state index contributed by atoms with van der Waals surface area (Å²) in [6, 6.07) is 0. The predicted molar refractivity (Wildman–Crippen MR) is 418 cm³/mol. The Kier molecular flexibility index (Phi) is 71.0. The molecular weight excluding hydrogens is 1330 g/mol. The fourth-order valence-corrected chi connectivity index (χ4v) is 11.7. The molecule has 3 N–H and O–H groups in total. The number of aliphatic hydroxyl groups is 1. The summed E-state index contributed by atoms with van der Waals surface area (Å²) in [6.45, 7) is 4.52. The summed E-state index contributed by atoms with van der Waals surface area (Å²) in [5, 5.41) is 10.6. The van der Waals surface area contributed by atoms with E-state index in [-0.39, 0.29) is 25.7 Å². The lowest BCUT2D eigenvalue weighted by atomic mass is 10.1. The molecule has 0 rings (SSSR count). The maximum absolute atomic E-state index is 13.1. The molecule has 0 saturated heterocycles. The summed E-state index contributed by atoms with van der Waals surface area (Å²) in [5.74, 6) is -2.28. The first-order valence-electron chi connectivity index (χ1n) is 39.4. The van der Waals surface area contributed by atoms with Crippen molar-refractivity contribution in [3.63, 3.8) is 0 Å². The van der Waals surface area contributed by atoms with Crippen LogP contribution in [0.5, 0.6) is 0 Å². The molecule has 0 spiro atoms. The number of unbranched alkanes of at least 4 members (excludes halogenated alkanes) is 25. The third kappa shape index (κ3) is 73.5. The van der Waals surface area contributed by atoms with Crippen LogP contribution >= 0.6 is 15.6 Å². The zero-order chi connectivity index (χ0) is 74.6. The number of phosphoric acid groups is 2. The number of esters is 4. The van der Waals surface area contributed by atoms with E-state index in [0.29, 0.717) is 32.1 Å². The van der Waals surface area contributed by atoms with Crippen LogP contribution < -0.4 is 0 Å². The summed E-state index contributed by atoms with van der Waals surface area (Å²) in [7, 11) is -9.98. The first kappa shape index (κ1) is 97.2. The van der Waals surface area contributed by atoms with Gasteiger partial charge in [0.1, 0.15) is 19.3 Å². The molecular formula is C83H140O17P2. The Morgan fingerprint density at radius 1 is 0.284 bits per heavy atom. The van der Waals surface area contributed by atoms with Crippen LogP contribution in [0.2, 0.25) is 0 Å². The van der Waals surface area contributed by atoms with E-state index in [1.165, 1.54) is 51.4 Å². The minimum absolute atomic E-state index is 0.00962. The molecule has 17 nitrogen and oxygen atoms in total. The summed E-state index contributed by atoms with van der Waals surface area (Å²) in [4.78, 5) is 72.9. The van der Waals surface area contributed by atoms with E-state index in [1.54, 1.807) is 0 Å². The van der Waals surface area contributed by atoms with Crippen LogP contribution in [0.1, 0.15) is 310 Å². The Hall–Kier alpha value is -4.80. The van der Waals surface area contributed by atoms with Gasteiger partial charge in [-0.25, -0.2) is 9.13 Å². The van der Waals surface area contributed by atoms with E-state index in [0.717, 1.165) is 173 Å². The van der Waals surface area contributed by atoms with Crippen molar-refractivity contribution in [3.05, 3.63) is 134 Å². The quantitative estimate of drug-likeness (QED) is 0.0169. The van der Waals surface area contributed by atoms with Gasteiger partial charge in [-0.2, -0.15) is 0 Å². The van der Waals surface area contributed by atoms with E-state index in [4.69, 9.17) is 37.0 Å². The van der Waals surface area contributed by atoms with Crippen LogP contribution in [-0.4, -0.2) is 96.7 Å². The highest BCUT2D eigenvalue weighted by atomic mass is 31.2. The molecule has 0 radical (unpaired) electrons. The zero-order valence-electron chi connectivity index (χ0n) is 63.7. The third-order valence-corrected chi connectivity index (χ3v) is 18.0. The van der Waals surface area contributed by atoms with Gasteiger partial charge in [-0.05, 0) is 154 Å². The lowest BCUT2D eigenvalue weighted by molar-refractivity contribution is -0.161. The van der Waals surface area contributed by atoms with Crippen molar-refractivity contribution in [3.8, 4) is 0 Å². The van der Waals surface area contributed by atoms with E-state index in [2.05, 4.69) is 149 Å². The van der Waals surface area contributed by atoms with Gasteiger partial charge in [-0.3, -0.25) is 37.3 Å². The fraction of sp³-hybridized carbons (Fsp3) is 0.687. The number of hydrogen-bond acceptors (Lipinski definition) is 15. The third-order valence-electron chi connectivity index (χ3n) is 16.1. The Bertz CT molecular complexity index is 2460. The molecule has 0 aromatic rings. The highest BCUT2D eigenvalue weighted by Crippen LogP contribution is 2.45. The number of phosphoric ester groups is 2. The molecule has 0 aliphatic heterocycles. The molecule has 0 heterocycles. The number of aliphatic hydroxyl groups excluding tert-OH is 1. The molecule has 102 heavy (non-hydrogen) atoms. The first-order valence-corrected chi connectivity index (χ1v) is 42.4. The van der Waals surface area contributed by atoms with Gasteiger partial charge in [0.05, 0.1) is 26.4 Å². The van der Waals surface area contributed by atoms with Gasteiger partial charge >= 0.3 is 39.5 Å². The van der Waals surface area contributed by atoms with Gasteiger partial charge in [0.2, 0.25) is 0 Å². The van der Waals surface area contributed by atoms with Gasteiger partial charge in [-0.15, -0.1) is 0 Å². The highest BCUT2D eigenvalue weighted by Gasteiger charge is 2.30. The number of carbonyl (C=O) groups is 4. The van der Waals surface area contributed by atoms with Gasteiger partial charge in [0.15, 0.2) is 12.2 Å². The highest BCUT2D eigenvalue weighted by molar-refractivity contribution is 7.47. The van der Waals surface area contributed by atoms with Gasteiger partial charge in [0, 0.05) is 25.7 Å². The van der Waals surface area contributed by atoms with Gasteiger partial charge < -0.3 is 33.8 Å². The molecule has 584 valence electrons. The Balaban J connectivity index is 5.43. The van der Waals surface area contributed by atoms with Crippen LogP contribution in [-0.2, 0) is 65.4 Å². The molecule has 19 heteroatoms. The molecule has 0 aliphatic rings.